The summed E-state index contributed by atoms with van der Waals surface area (Å²) in [4.78, 5) is 22.7. The molecule has 0 rings (SSSR count). The third-order valence-corrected chi connectivity index (χ3v) is 1.61. The Hall–Kier alpha value is -1.52. The molecule has 0 saturated carbocycles. The van der Waals surface area contributed by atoms with Crippen molar-refractivity contribution in [3.63, 3.8) is 0 Å². The van der Waals surface area contributed by atoms with Gasteiger partial charge in [-0.15, -0.1) is 6.58 Å². The van der Waals surface area contributed by atoms with Crippen LogP contribution in [0.25, 0.3) is 0 Å². The third kappa shape index (κ3) is 5.18. The molecule has 0 heterocycles. The van der Waals surface area contributed by atoms with E-state index in [0.717, 1.165) is 4.90 Å². The van der Waals surface area contributed by atoms with E-state index in [2.05, 4.69) is 11.9 Å². The number of nitrogens with one attached hydrogen (secondary N) is 1. The maximum absolute atomic E-state index is 11.3. The number of likely N-dealkylation sites (N-methyl/N-ethyl adjacent to an activating group) is 1. The van der Waals surface area contributed by atoms with Gasteiger partial charge in [0.1, 0.15) is 6.54 Å². The van der Waals surface area contributed by atoms with Gasteiger partial charge in [-0.25, -0.2) is 4.79 Å². The summed E-state index contributed by atoms with van der Waals surface area (Å²) in [5, 5.41) is 11.1. The summed E-state index contributed by atoms with van der Waals surface area (Å²) in [5.41, 5.74) is 0. The zero-order valence-electron chi connectivity index (χ0n) is 8.49. The Labute approximate surface area is 83.4 Å². The molecule has 0 aliphatic heterocycles. The van der Waals surface area contributed by atoms with E-state index in [1.54, 1.807) is 6.08 Å². The molecule has 5 nitrogen and oxygen atoms in total. The number of carbonyl (C=O) groups is 2. The van der Waals surface area contributed by atoms with Gasteiger partial charge in [0, 0.05) is 13.1 Å². The third-order valence-electron chi connectivity index (χ3n) is 1.61. The van der Waals surface area contributed by atoms with E-state index in [4.69, 9.17) is 5.11 Å². The first-order valence-corrected chi connectivity index (χ1v) is 4.31. The lowest BCUT2D eigenvalue weighted by Crippen LogP contribution is -2.43. The number of aliphatic carboxylic acids is 1. The van der Waals surface area contributed by atoms with E-state index in [1.165, 1.54) is 7.05 Å². The van der Waals surface area contributed by atoms with Crippen LogP contribution < -0.4 is 5.32 Å². The van der Waals surface area contributed by atoms with E-state index >= 15 is 0 Å². The zero-order chi connectivity index (χ0) is 11.1. The van der Waals surface area contributed by atoms with Crippen molar-refractivity contribution in [2.75, 3.05) is 13.6 Å². The smallest absolute Gasteiger partial charge is 0.323 e. The van der Waals surface area contributed by atoms with Crippen molar-refractivity contribution < 1.29 is 14.7 Å². The van der Waals surface area contributed by atoms with Crippen LogP contribution in [0.4, 0.5) is 4.79 Å². The number of carboxylic acid groups (broad SMARTS) is 1. The zero-order valence-corrected chi connectivity index (χ0v) is 8.49. The molecule has 1 unspecified atom stereocenters. The van der Waals surface area contributed by atoms with Crippen LogP contribution in [0.3, 0.4) is 0 Å². The fraction of sp³-hybridized carbons (Fsp3) is 0.556. The van der Waals surface area contributed by atoms with Crippen LogP contribution >= 0.6 is 0 Å². The van der Waals surface area contributed by atoms with Gasteiger partial charge < -0.3 is 15.3 Å². The highest BCUT2D eigenvalue weighted by Crippen LogP contribution is 1.93. The molecule has 14 heavy (non-hydrogen) atoms. The lowest BCUT2D eigenvalue weighted by Gasteiger charge is -2.18. The second-order valence-corrected chi connectivity index (χ2v) is 3.12. The van der Waals surface area contributed by atoms with Gasteiger partial charge in [-0.3, -0.25) is 4.79 Å². The summed E-state index contributed by atoms with van der Waals surface area (Å²) in [6.45, 7) is 5.07. The molecule has 2 amide bonds. The molecule has 0 saturated heterocycles. The minimum atomic E-state index is -1.03. The van der Waals surface area contributed by atoms with Crippen molar-refractivity contribution in [2.24, 2.45) is 0 Å². The van der Waals surface area contributed by atoms with Crippen molar-refractivity contribution in [2.45, 2.75) is 19.4 Å². The van der Waals surface area contributed by atoms with Crippen LogP contribution in [0.15, 0.2) is 12.7 Å². The van der Waals surface area contributed by atoms with Gasteiger partial charge >= 0.3 is 12.0 Å². The largest absolute Gasteiger partial charge is 0.480 e. The first-order chi connectivity index (χ1) is 6.47. The normalized spacial score (nSPS) is 11.6. The molecule has 2 N–H and O–H groups in total. The highest BCUT2D eigenvalue weighted by molar-refractivity contribution is 5.79. The molecule has 0 fully saturated rings. The lowest BCUT2D eigenvalue weighted by molar-refractivity contribution is -0.137. The van der Waals surface area contributed by atoms with E-state index < -0.39 is 5.97 Å². The summed E-state index contributed by atoms with van der Waals surface area (Å²) in [6, 6.07) is -0.419. The lowest BCUT2D eigenvalue weighted by atomic mass is 10.2. The van der Waals surface area contributed by atoms with Gasteiger partial charge in [-0.05, 0) is 13.3 Å². The second-order valence-electron chi connectivity index (χ2n) is 3.12. The van der Waals surface area contributed by atoms with Gasteiger partial charge in [0.2, 0.25) is 0 Å². The molecular weight excluding hydrogens is 184 g/mol. The summed E-state index contributed by atoms with van der Waals surface area (Å²) in [6.07, 6.45) is 2.36. The van der Waals surface area contributed by atoms with Gasteiger partial charge in [-0.1, -0.05) is 6.08 Å². The highest BCUT2D eigenvalue weighted by atomic mass is 16.4. The van der Waals surface area contributed by atoms with Crippen molar-refractivity contribution in [3.05, 3.63) is 12.7 Å². The maximum atomic E-state index is 11.3. The summed E-state index contributed by atoms with van der Waals surface area (Å²) < 4.78 is 0. The molecule has 80 valence electrons. The molecular formula is C9H16N2O3. The Balaban J connectivity index is 3.94. The second kappa shape index (κ2) is 6.01. The quantitative estimate of drug-likeness (QED) is 0.641. The maximum Gasteiger partial charge on any atom is 0.323 e. The number of hydrogen-bond donors (Lipinski definition) is 2. The molecule has 0 aliphatic rings. The molecule has 0 spiro atoms. The number of nitrogens with zero attached hydrogens (tertiary/aromatic N) is 1. The minimum absolute atomic E-state index is 0.0313. The first-order valence-electron chi connectivity index (χ1n) is 4.31. The number of rotatable bonds is 5. The molecule has 0 aromatic rings. The minimum Gasteiger partial charge on any atom is -0.480 e. The summed E-state index contributed by atoms with van der Waals surface area (Å²) in [5.74, 6) is -1.03. The van der Waals surface area contributed by atoms with Crippen LogP contribution in [-0.2, 0) is 4.79 Å². The van der Waals surface area contributed by atoms with Crippen LogP contribution in [-0.4, -0.2) is 41.6 Å². The van der Waals surface area contributed by atoms with Crippen molar-refractivity contribution >= 4 is 12.0 Å². The Morgan fingerprint density at radius 1 is 1.64 bits per heavy atom. The molecule has 0 aliphatic carbocycles. The predicted octanol–water partition coefficient (Wildman–Crippen LogP) is 0.677. The molecule has 1 atom stereocenters. The van der Waals surface area contributed by atoms with Gasteiger partial charge in [0.25, 0.3) is 0 Å². The van der Waals surface area contributed by atoms with Crippen molar-refractivity contribution in [1.29, 1.82) is 0 Å². The van der Waals surface area contributed by atoms with E-state index in [0.29, 0.717) is 6.42 Å². The van der Waals surface area contributed by atoms with Gasteiger partial charge in [0.05, 0.1) is 0 Å². The van der Waals surface area contributed by atoms with E-state index in [9.17, 15) is 9.59 Å². The molecule has 0 bridgehead atoms. The van der Waals surface area contributed by atoms with E-state index in [1.807, 2.05) is 6.92 Å². The SMILES string of the molecule is C=CCC(C)NC(=O)N(C)CC(=O)O. The first kappa shape index (κ1) is 12.5. The summed E-state index contributed by atoms with van der Waals surface area (Å²) >= 11 is 0. The Morgan fingerprint density at radius 3 is 2.64 bits per heavy atom. The number of amides is 2. The topological polar surface area (TPSA) is 69.6 Å². The Kier molecular flexibility index (Phi) is 5.36. The van der Waals surface area contributed by atoms with Crippen LogP contribution in [0, 0.1) is 0 Å². The molecule has 0 radical (unpaired) electrons. The fourth-order valence-corrected chi connectivity index (χ4v) is 0.905. The van der Waals surface area contributed by atoms with Gasteiger partial charge in [-0.2, -0.15) is 0 Å². The van der Waals surface area contributed by atoms with Crippen LogP contribution in [0.5, 0.6) is 0 Å². The molecule has 5 heteroatoms. The Morgan fingerprint density at radius 2 is 2.21 bits per heavy atom. The predicted molar refractivity (Wildman–Crippen MR) is 53.1 cm³/mol. The van der Waals surface area contributed by atoms with E-state index in [-0.39, 0.29) is 18.6 Å². The number of hydrogen-bond acceptors (Lipinski definition) is 2. The monoisotopic (exact) mass is 200 g/mol. The number of carbonyl (C=O) groups excluding carboxylic acids is 1. The number of carboxylic acids is 1. The molecule has 0 aromatic carbocycles. The summed E-state index contributed by atoms with van der Waals surface area (Å²) in [7, 11) is 1.43. The highest BCUT2D eigenvalue weighted by Gasteiger charge is 2.13. The average Bonchev–Trinajstić information content (AvgIpc) is 2.02. The fourth-order valence-electron chi connectivity index (χ4n) is 0.905. The van der Waals surface area contributed by atoms with Crippen LogP contribution in [0.2, 0.25) is 0 Å². The van der Waals surface area contributed by atoms with Crippen LogP contribution in [0.1, 0.15) is 13.3 Å². The molecule has 0 aromatic heterocycles. The van der Waals surface area contributed by atoms with Crippen molar-refractivity contribution in [3.8, 4) is 0 Å². The van der Waals surface area contributed by atoms with Gasteiger partial charge in [0.15, 0.2) is 0 Å². The standard InChI is InChI=1S/C9H16N2O3/c1-4-5-7(2)10-9(14)11(3)6-8(12)13/h4,7H,1,5-6H2,2-3H3,(H,10,14)(H,12,13). The van der Waals surface area contributed by atoms with Crippen molar-refractivity contribution in [1.82, 2.24) is 10.2 Å². The number of urea groups is 1. The Bertz CT molecular complexity index is 228. The average molecular weight is 200 g/mol.